The van der Waals surface area contributed by atoms with E-state index >= 15 is 0 Å². The molecule has 2 rings (SSSR count). The lowest BCUT2D eigenvalue weighted by Gasteiger charge is -2.30. The highest BCUT2D eigenvalue weighted by Crippen LogP contribution is 2.15. The highest BCUT2D eigenvalue weighted by Gasteiger charge is 2.24. The van der Waals surface area contributed by atoms with Crippen LogP contribution in [0.25, 0.3) is 0 Å². The molecule has 2 unspecified atom stereocenters. The van der Waals surface area contributed by atoms with Gasteiger partial charge in [0.05, 0.1) is 25.9 Å². The number of halogens is 2. The Balaban J connectivity index is 2.04. The van der Waals surface area contributed by atoms with E-state index in [0.29, 0.717) is 31.8 Å². The van der Waals surface area contributed by atoms with Crippen LogP contribution >= 0.6 is 0 Å². The number of likely N-dealkylation sites (N-methyl/N-ethyl adjacent to an activating group) is 1. The Bertz CT molecular complexity index is 395. The van der Waals surface area contributed by atoms with Crippen molar-refractivity contribution in [1.29, 1.82) is 0 Å². The van der Waals surface area contributed by atoms with Crippen LogP contribution < -0.4 is 5.32 Å². The zero-order valence-corrected chi connectivity index (χ0v) is 10.3. The Morgan fingerprint density at radius 2 is 2.22 bits per heavy atom. The summed E-state index contributed by atoms with van der Waals surface area (Å²) in [7, 11) is 1.80. The van der Waals surface area contributed by atoms with Crippen molar-refractivity contribution in [3.05, 3.63) is 35.4 Å². The summed E-state index contributed by atoms with van der Waals surface area (Å²) in [5, 5.41) is 3.10. The smallest absolute Gasteiger partial charge is 0.129 e. The van der Waals surface area contributed by atoms with Crippen LogP contribution in [0.5, 0.6) is 0 Å². The molecule has 2 atom stereocenters. The number of hydrogen-bond donors (Lipinski definition) is 1. The third-order valence-corrected chi connectivity index (χ3v) is 3.12. The predicted molar refractivity (Wildman–Crippen MR) is 63.5 cm³/mol. The normalized spacial score (nSPS) is 21.8. The number of ether oxygens (including phenoxy) is 2. The van der Waals surface area contributed by atoms with E-state index in [9.17, 15) is 8.78 Å². The van der Waals surface area contributed by atoms with Crippen LogP contribution in [0.4, 0.5) is 8.78 Å². The summed E-state index contributed by atoms with van der Waals surface area (Å²) in [5.41, 5.74) is 0.477. The molecule has 1 heterocycles. The average Bonchev–Trinajstić information content (AvgIpc) is 2.39. The largest absolute Gasteiger partial charge is 0.376 e. The third kappa shape index (κ3) is 3.25. The fraction of sp³-hybridized carbons (Fsp3) is 0.538. The van der Waals surface area contributed by atoms with E-state index in [0.717, 1.165) is 6.07 Å². The maximum Gasteiger partial charge on any atom is 0.129 e. The first-order valence-corrected chi connectivity index (χ1v) is 6.01. The van der Waals surface area contributed by atoms with Gasteiger partial charge in [-0.05, 0) is 25.1 Å². The van der Waals surface area contributed by atoms with Gasteiger partial charge in [0.25, 0.3) is 0 Å². The van der Waals surface area contributed by atoms with Gasteiger partial charge in [-0.2, -0.15) is 0 Å². The van der Waals surface area contributed by atoms with Gasteiger partial charge < -0.3 is 14.8 Å². The summed E-state index contributed by atoms with van der Waals surface area (Å²) in [6.07, 6.45) is 0.338. The molecule has 1 saturated heterocycles. The van der Waals surface area contributed by atoms with E-state index in [-0.39, 0.29) is 12.1 Å². The molecule has 0 aromatic heterocycles. The van der Waals surface area contributed by atoms with Crippen molar-refractivity contribution in [2.75, 3.05) is 26.9 Å². The quantitative estimate of drug-likeness (QED) is 0.887. The maximum atomic E-state index is 13.6. The van der Waals surface area contributed by atoms with Crippen LogP contribution in [-0.4, -0.2) is 39.0 Å². The molecule has 1 aromatic carbocycles. The second-order valence-corrected chi connectivity index (χ2v) is 4.32. The summed E-state index contributed by atoms with van der Waals surface area (Å²) >= 11 is 0. The van der Waals surface area contributed by atoms with Crippen LogP contribution in [0, 0.1) is 11.6 Å². The van der Waals surface area contributed by atoms with Crippen LogP contribution in [0.3, 0.4) is 0 Å². The molecule has 1 aliphatic heterocycles. The van der Waals surface area contributed by atoms with Gasteiger partial charge in [0, 0.05) is 12.1 Å². The first-order valence-electron chi connectivity index (χ1n) is 6.01. The van der Waals surface area contributed by atoms with Gasteiger partial charge in [0.15, 0.2) is 0 Å². The summed E-state index contributed by atoms with van der Waals surface area (Å²) in [6, 6.07) is 3.59. The second kappa shape index (κ2) is 6.22. The first-order chi connectivity index (χ1) is 8.70. The molecule has 0 saturated carbocycles. The zero-order chi connectivity index (χ0) is 13.0. The monoisotopic (exact) mass is 257 g/mol. The summed E-state index contributed by atoms with van der Waals surface area (Å²) in [6.45, 7) is 1.64. The SMILES string of the molecule is CNC(Cc1ccc(F)cc1F)C1COCCO1. The number of benzene rings is 1. The molecule has 0 amide bonds. The van der Waals surface area contributed by atoms with E-state index in [1.807, 2.05) is 0 Å². The molecular weight excluding hydrogens is 240 g/mol. The van der Waals surface area contributed by atoms with E-state index in [1.165, 1.54) is 12.1 Å². The Hall–Kier alpha value is -1.04. The van der Waals surface area contributed by atoms with Gasteiger partial charge in [0.1, 0.15) is 11.6 Å². The lowest BCUT2D eigenvalue weighted by atomic mass is 10.0. The molecule has 1 N–H and O–H groups in total. The van der Waals surface area contributed by atoms with Crippen molar-refractivity contribution in [3.8, 4) is 0 Å². The van der Waals surface area contributed by atoms with Gasteiger partial charge in [-0.3, -0.25) is 0 Å². The standard InChI is InChI=1S/C13H17F2NO2/c1-16-12(13-8-17-4-5-18-13)6-9-2-3-10(14)7-11(9)15/h2-3,7,12-13,16H,4-6,8H2,1H3. The molecule has 0 bridgehead atoms. The maximum absolute atomic E-state index is 13.6. The van der Waals surface area contributed by atoms with Crippen molar-refractivity contribution in [1.82, 2.24) is 5.32 Å². The van der Waals surface area contributed by atoms with Crippen LogP contribution in [0.15, 0.2) is 18.2 Å². The number of nitrogens with one attached hydrogen (secondary N) is 1. The van der Waals surface area contributed by atoms with E-state index in [1.54, 1.807) is 7.05 Å². The number of rotatable bonds is 4. The fourth-order valence-electron chi connectivity index (χ4n) is 2.08. The molecule has 18 heavy (non-hydrogen) atoms. The molecule has 1 fully saturated rings. The van der Waals surface area contributed by atoms with E-state index < -0.39 is 11.6 Å². The minimum atomic E-state index is -0.561. The zero-order valence-electron chi connectivity index (χ0n) is 10.3. The van der Waals surface area contributed by atoms with Crippen LogP contribution in [-0.2, 0) is 15.9 Å². The fourth-order valence-corrected chi connectivity index (χ4v) is 2.08. The molecule has 5 heteroatoms. The van der Waals surface area contributed by atoms with Gasteiger partial charge >= 0.3 is 0 Å². The topological polar surface area (TPSA) is 30.5 Å². The van der Waals surface area contributed by atoms with Gasteiger partial charge in [0.2, 0.25) is 0 Å². The predicted octanol–water partition coefficient (Wildman–Crippen LogP) is 1.51. The summed E-state index contributed by atoms with van der Waals surface area (Å²) in [4.78, 5) is 0. The minimum absolute atomic E-state index is 0.0507. The molecule has 1 aliphatic rings. The van der Waals surface area contributed by atoms with Crippen molar-refractivity contribution >= 4 is 0 Å². The van der Waals surface area contributed by atoms with Crippen LogP contribution in [0.1, 0.15) is 5.56 Å². The lowest BCUT2D eigenvalue weighted by Crippen LogP contribution is -2.46. The Labute approximate surface area is 105 Å². The Morgan fingerprint density at radius 3 is 2.83 bits per heavy atom. The van der Waals surface area contributed by atoms with E-state index in [2.05, 4.69) is 5.32 Å². The molecule has 100 valence electrons. The molecular formula is C13H17F2NO2. The third-order valence-electron chi connectivity index (χ3n) is 3.12. The minimum Gasteiger partial charge on any atom is -0.376 e. The van der Waals surface area contributed by atoms with Crippen molar-refractivity contribution in [3.63, 3.8) is 0 Å². The number of hydrogen-bond acceptors (Lipinski definition) is 3. The average molecular weight is 257 g/mol. The van der Waals surface area contributed by atoms with Gasteiger partial charge in [-0.15, -0.1) is 0 Å². The Morgan fingerprint density at radius 1 is 1.39 bits per heavy atom. The molecule has 0 aliphatic carbocycles. The van der Waals surface area contributed by atoms with Crippen molar-refractivity contribution in [2.24, 2.45) is 0 Å². The first kappa shape index (κ1) is 13.4. The molecule has 1 aromatic rings. The molecule has 3 nitrogen and oxygen atoms in total. The van der Waals surface area contributed by atoms with Gasteiger partial charge in [-0.25, -0.2) is 8.78 Å². The summed E-state index contributed by atoms with van der Waals surface area (Å²) < 4.78 is 37.3. The van der Waals surface area contributed by atoms with Gasteiger partial charge in [-0.1, -0.05) is 6.07 Å². The van der Waals surface area contributed by atoms with Crippen molar-refractivity contribution < 1.29 is 18.3 Å². The van der Waals surface area contributed by atoms with Crippen molar-refractivity contribution in [2.45, 2.75) is 18.6 Å². The Kier molecular flexibility index (Phi) is 4.63. The highest BCUT2D eigenvalue weighted by atomic mass is 19.1. The van der Waals surface area contributed by atoms with Crippen LogP contribution in [0.2, 0.25) is 0 Å². The highest BCUT2D eigenvalue weighted by molar-refractivity contribution is 5.20. The summed E-state index contributed by atoms with van der Waals surface area (Å²) in [5.74, 6) is -1.08. The molecule has 0 spiro atoms. The molecule has 0 radical (unpaired) electrons. The second-order valence-electron chi connectivity index (χ2n) is 4.32. The van der Waals surface area contributed by atoms with E-state index in [4.69, 9.17) is 9.47 Å². The lowest BCUT2D eigenvalue weighted by molar-refractivity contribution is -0.100.